The van der Waals surface area contributed by atoms with Gasteiger partial charge in [0.15, 0.2) is 6.17 Å². The number of hydrogen-bond donors (Lipinski definition) is 2. The molecule has 0 saturated carbocycles. The third-order valence-corrected chi connectivity index (χ3v) is 1.23. The van der Waals surface area contributed by atoms with E-state index in [1.54, 1.807) is 0 Å². The molecule has 6 heteroatoms. The van der Waals surface area contributed by atoms with Crippen LogP contribution in [0.4, 0.5) is 13.2 Å². The number of alkyl halides is 3. The monoisotopic (exact) mass is 172 g/mol. The topological polar surface area (TPSA) is 57.5 Å². The Bertz CT molecular complexity index is 152. The molecule has 3 nitrogen and oxygen atoms in total. The van der Waals surface area contributed by atoms with Crippen LogP contribution in [0.2, 0.25) is 0 Å². The van der Waals surface area contributed by atoms with Crippen LogP contribution in [0.5, 0.6) is 0 Å². The number of carboxylic acids is 1. The van der Waals surface area contributed by atoms with Crippen LogP contribution >= 0.6 is 0 Å². The molecule has 0 rings (SSSR count). The second kappa shape index (κ2) is 3.56. The number of halogens is 3. The van der Waals surface area contributed by atoms with Crippen molar-refractivity contribution >= 4 is 5.97 Å². The average Bonchev–Trinajstić information content (AvgIpc) is 2.01. The van der Waals surface area contributed by atoms with Crippen LogP contribution in [0.1, 0.15) is 0 Å². The maximum Gasteiger partial charge on any atom is 0.341 e. The van der Waals surface area contributed by atoms with Crippen molar-refractivity contribution in [2.45, 2.75) is 11.8 Å². The Morgan fingerprint density at radius 1 is 1.55 bits per heavy atom. The molecule has 0 aliphatic rings. The van der Waals surface area contributed by atoms with Gasteiger partial charge in [-0.1, -0.05) is 0 Å². The molecule has 0 amide bonds. The number of hydrogen-bond acceptors (Lipinski definition) is 2. The lowest BCUT2D eigenvalue weighted by Crippen LogP contribution is -2.50. The fourth-order valence-corrected chi connectivity index (χ4v) is 0.402. The molecular formula is C5H7F3O3. The maximum atomic E-state index is 12.2. The summed E-state index contributed by atoms with van der Waals surface area (Å²) >= 11 is 0. The molecule has 0 heterocycles. The van der Waals surface area contributed by atoms with Gasteiger partial charge in [0.05, 0.1) is 0 Å². The van der Waals surface area contributed by atoms with Crippen LogP contribution in [-0.2, 0) is 4.79 Å². The highest BCUT2D eigenvalue weighted by Crippen LogP contribution is 2.15. The zero-order valence-corrected chi connectivity index (χ0v) is 5.43. The van der Waals surface area contributed by atoms with Gasteiger partial charge in [-0.2, -0.15) is 0 Å². The molecule has 0 aromatic carbocycles. The molecule has 0 bridgehead atoms. The van der Waals surface area contributed by atoms with Gasteiger partial charge in [0.2, 0.25) is 5.60 Å². The van der Waals surface area contributed by atoms with Crippen LogP contribution < -0.4 is 0 Å². The van der Waals surface area contributed by atoms with Crippen molar-refractivity contribution in [2.24, 2.45) is 0 Å². The first-order valence-electron chi connectivity index (χ1n) is 2.70. The molecule has 66 valence electrons. The Hall–Kier alpha value is -0.780. The Morgan fingerprint density at radius 2 is 2.00 bits per heavy atom. The van der Waals surface area contributed by atoms with E-state index >= 15 is 0 Å². The molecule has 0 spiro atoms. The van der Waals surface area contributed by atoms with Crippen molar-refractivity contribution in [2.75, 3.05) is 13.3 Å². The van der Waals surface area contributed by atoms with E-state index in [1.807, 2.05) is 0 Å². The molecule has 0 radical (unpaired) electrons. The summed E-state index contributed by atoms with van der Waals surface area (Å²) in [4.78, 5) is 9.96. The molecule has 0 aromatic heterocycles. The van der Waals surface area contributed by atoms with Crippen molar-refractivity contribution in [1.29, 1.82) is 0 Å². The standard InChI is InChI=1S/C5H7F3O3/c6-1-3(8)5(11,2-7)4(9)10/h3,11H,1-2H2,(H,9,10). The predicted octanol–water partition coefficient (Wildman–Crippen LogP) is 0.0792. The molecule has 0 fully saturated rings. The van der Waals surface area contributed by atoms with E-state index in [1.165, 1.54) is 0 Å². The predicted molar refractivity (Wildman–Crippen MR) is 29.4 cm³/mol. The zero-order valence-electron chi connectivity index (χ0n) is 5.43. The summed E-state index contributed by atoms with van der Waals surface area (Å²) in [6.07, 6.45) is -2.73. The van der Waals surface area contributed by atoms with E-state index in [0.717, 1.165) is 0 Å². The largest absolute Gasteiger partial charge is 0.479 e. The van der Waals surface area contributed by atoms with Crippen molar-refractivity contribution in [3.63, 3.8) is 0 Å². The van der Waals surface area contributed by atoms with E-state index in [0.29, 0.717) is 0 Å². The second-order valence-corrected chi connectivity index (χ2v) is 1.98. The van der Waals surface area contributed by atoms with Gasteiger partial charge in [-0.05, 0) is 0 Å². The highest BCUT2D eigenvalue weighted by molar-refractivity contribution is 5.78. The highest BCUT2D eigenvalue weighted by Gasteiger charge is 2.45. The molecule has 0 aromatic rings. The van der Waals surface area contributed by atoms with Crippen molar-refractivity contribution in [3.05, 3.63) is 0 Å². The van der Waals surface area contributed by atoms with E-state index in [-0.39, 0.29) is 0 Å². The molecule has 11 heavy (non-hydrogen) atoms. The Morgan fingerprint density at radius 3 is 2.09 bits per heavy atom. The number of aliphatic hydroxyl groups is 1. The maximum absolute atomic E-state index is 12.2. The van der Waals surface area contributed by atoms with Gasteiger partial charge in [-0.3, -0.25) is 0 Å². The first-order valence-corrected chi connectivity index (χ1v) is 2.70. The number of carbonyl (C=O) groups is 1. The molecule has 0 aliphatic heterocycles. The summed E-state index contributed by atoms with van der Waals surface area (Å²) in [5, 5.41) is 16.6. The van der Waals surface area contributed by atoms with Gasteiger partial charge in [0, 0.05) is 0 Å². The number of carboxylic acid groups (broad SMARTS) is 1. The van der Waals surface area contributed by atoms with Gasteiger partial charge in [0.1, 0.15) is 13.3 Å². The van der Waals surface area contributed by atoms with E-state index < -0.39 is 31.1 Å². The van der Waals surface area contributed by atoms with Crippen molar-refractivity contribution in [3.8, 4) is 0 Å². The Labute approximate surface area is 60.4 Å². The quantitative estimate of drug-likeness (QED) is 0.631. The Balaban J connectivity index is 4.45. The first-order chi connectivity index (χ1) is 4.99. The number of rotatable bonds is 4. The van der Waals surface area contributed by atoms with Crippen molar-refractivity contribution in [1.82, 2.24) is 0 Å². The van der Waals surface area contributed by atoms with Gasteiger partial charge >= 0.3 is 5.97 Å². The molecular weight excluding hydrogens is 165 g/mol. The minimum Gasteiger partial charge on any atom is -0.479 e. The molecule has 2 N–H and O–H groups in total. The van der Waals surface area contributed by atoms with Crippen LogP contribution in [0, 0.1) is 0 Å². The summed E-state index contributed by atoms with van der Waals surface area (Å²) in [6, 6.07) is 0. The highest BCUT2D eigenvalue weighted by atomic mass is 19.2. The molecule has 2 atom stereocenters. The first kappa shape index (κ1) is 10.2. The third-order valence-electron chi connectivity index (χ3n) is 1.23. The van der Waals surface area contributed by atoms with Gasteiger partial charge in [0.25, 0.3) is 0 Å². The minimum absolute atomic E-state index is 1.73. The van der Waals surface area contributed by atoms with Crippen LogP contribution in [0.3, 0.4) is 0 Å². The minimum atomic E-state index is -3.24. The van der Waals surface area contributed by atoms with E-state index in [4.69, 9.17) is 10.2 Å². The van der Waals surface area contributed by atoms with Crippen LogP contribution in [-0.4, -0.2) is 41.3 Å². The van der Waals surface area contributed by atoms with Gasteiger partial charge in [-0.25, -0.2) is 18.0 Å². The summed E-state index contributed by atoms with van der Waals surface area (Å²) in [7, 11) is 0. The lowest BCUT2D eigenvalue weighted by Gasteiger charge is -2.21. The van der Waals surface area contributed by atoms with Gasteiger partial charge < -0.3 is 10.2 Å². The smallest absolute Gasteiger partial charge is 0.341 e. The zero-order chi connectivity index (χ0) is 9.07. The lowest BCUT2D eigenvalue weighted by molar-refractivity contribution is -0.169. The van der Waals surface area contributed by atoms with Crippen molar-refractivity contribution < 1.29 is 28.2 Å². The summed E-state index contributed by atoms with van der Waals surface area (Å²) in [5.41, 5.74) is -3.24. The second-order valence-electron chi connectivity index (χ2n) is 1.98. The SMILES string of the molecule is O=C(O)C(O)(CF)C(F)CF. The normalized spacial score (nSPS) is 18.9. The molecule has 0 saturated heterocycles. The van der Waals surface area contributed by atoms with E-state index in [9.17, 15) is 18.0 Å². The van der Waals surface area contributed by atoms with E-state index in [2.05, 4.69) is 0 Å². The average molecular weight is 172 g/mol. The fourth-order valence-electron chi connectivity index (χ4n) is 0.402. The summed E-state index contributed by atoms with van der Waals surface area (Å²) < 4.78 is 35.3. The lowest BCUT2D eigenvalue weighted by atomic mass is 10.0. The van der Waals surface area contributed by atoms with Crippen LogP contribution in [0.15, 0.2) is 0 Å². The van der Waals surface area contributed by atoms with Gasteiger partial charge in [-0.15, -0.1) is 0 Å². The molecule has 2 unspecified atom stereocenters. The summed E-state index contributed by atoms with van der Waals surface area (Å²) in [5.74, 6) is -2.11. The number of aliphatic carboxylic acids is 1. The fraction of sp³-hybridized carbons (Fsp3) is 0.800. The molecule has 0 aliphatic carbocycles. The Kier molecular flexibility index (Phi) is 3.31. The van der Waals surface area contributed by atoms with Crippen LogP contribution in [0.25, 0.3) is 0 Å². The summed E-state index contributed by atoms with van der Waals surface area (Å²) in [6.45, 7) is -3.58. The third kappa shape index (κ3) is 1.83.